The van der Waals surface area contributed by atoms with E-state index in [9.17, 15) is 8.78 Å². The van der Waals surface area contributed by atoms with Crippen LogP contribution in [0.4, 0.5) is 14.5 Å². The third-order valence-electron chi connectivity index (χ3n) is 5.54. The molecule has 0 unspecified atom stereocenters. The van der Waals surface area contributed by atoms with Crippen molar-refractivity contribution < 1.29 is 8.78 Å². The van der Waals surface area contributed by atoms with Gasteiger partial charge in [0.15, 0.2) is 11.6 Å². The van der Waals surface area contributed by atoms with Gasteiger partial charge >= 0.3 is 0 Å². The number of halogens is 2. The Morgan fingerprint density at radius 3 is 2.23 bits per heavy atom. The Bertz CT molecular complexity index is 977. The number of hydrogen-bond acceptors (Lipinski definition) is 2. The van der Waals surface area contributed by atoms with E-state index >= 15 is 0 Å². The summed E-state index contributed by atoms with van der Waals surface area (Å²) in [6.45, 7) is 2.26. The molecule has 4 heteroatoms. The minimum Gasteiger partial charge on any atom is -0.204 e. The van der Waals surface area contributed by atoms with Gasteiger partial charge < -0.3 is 0 Å². The maximum absolute atomic E-state index is 13.9. The van der Waals surface area contributed by atoms with Crippen LogP contribution < -0.4 is 0 Å². The van der Waals surface area contributed by atoms with Gasteiger partial charge in [0.05, 0.1) is 5.16 Å². The summed E-state index contributed by atoms with van der Waals surface area (Å²) in [4.78, 5) is 3.42. The molecule has 0 spiro atoms. The zero-order valence-electron chi connectivity index (χ0n) is 17.1. The van der Waals surface area contributed by atoms with Crippen LogP contribution in [0.2, 0.25) is 0 Å². The van der Waals surface area contributed by atoms with Crippen molar-refractivity contribution in [3.63, 3.8) is 0 Å². The summed E-state index contributed by atoms with van der Waals surface area (Å²) >= 11 is 4.41. The largest absolute Gasteiger partial charge is 0.204 e. The van der Waals surface area contributed by atoms with E-state index in [-0.39, 0.29) is 0 Å². The third-order valence-corrected chi connectivity index (χ3v) is 5.63. The zero-order chi connectivity index (χ0) is 21.3. The molecular weight excluding hydrogens is 396 g/mol. The second-order valence-electron chi connectivity index (χ2n) is 7.77. The van der Waals surface area contributed by atoms with Crippen LogP contribution in [0.3, 0.4) is 0 Å². The Balaban J connectivity index is 1.61. The molecule has 0 radical (unpaired) electrons. The summed E-state index contributed by atoms with van der Waals surface area (Å²) in [6.07, 6.45) is 11.1. The molecular formula is C26H25F2NS. The Morgan fingerprint density at radius 1 is 1.00 bits per heavy atom. The van der Waals surface area contributed by atoms with Gasteiger partial charge in [0.2, 0.25) is 0 Å². The minimum absolute atomic E-state index is 0.413. The molecule has 1 nitrogen and oxygen atoms in total. The van der Waals surface area contributed by atoms with Crippen LogP contribution >= 0.6 is 12.2 Å². The van der Waals surface area contributed by atoms with E-state index < -0.39 is 17.3 Å². The Hall–Kier alpha value is -2.60. The fourth-order valence-electron chi connectivity index (χ4n) is 3.89. The first-order valence-electron chi connectivity index (χ1n) is 10.5. The number of isothiocyanates is 1. The molecule has 30 heavy (non-hydrogen) atoms. The Morgan fingerprint density at radius 2 is 1.63 bits per heavy atom. The van der Waals surface area contributed by atoms with Gasteiger partial charge in [-0.2, -0.15) is 4.99 Å². The van der Waals surface area contributed by atoms with E-state index in [1.165, 1.54) is 50.7 Å². The Labute approximate surface area is 182 Å². The molecule has 1 aliphatic carbocycles. The molecule has 0 amide bonds. The summed E-state index contributed by atoms with van der Waals surface area (Å²) in [6, 6.07) is 10.3. The number of aliphatic imine (C=N–C) groups is 1. The van der Waals surface area contributed by atoms with Gasteiger partial charge in [0, 0.05) is 11.5 Å². The molecule has 2 aromatic carbocycles. The van der Waals surface area contributed by atoms with E-state index in [1.54, 1.807) is 6.08 Å². The number of benzene rings is 2. The van der Waals surface area contributed by atoms with Crippen molar-refractivity contribution in [2.75, 3.05) is 0 Å². The lowest BCUT2D eigenvalue weighted by atomic mass is 9.80. The van der Waals surface area contributed by atoms with Gasteiger partial charge in [0.1, 0.15) is 5.69 Å². The van der Waals surface area contributed by atoms with Gasteiger partial charge in [-0.25, -0.2) is 8.78 Å². The maximum atomic E-state index is 13.9. The van der Waals surface area contributed by atoms with Crippen molar-refractivity contribution in [2.45, 2.75) is 45.4 Å². The van der Waals surface area contributed by atoms with Crippen LogP contribution in [-0.2, 0) is 0 Å². The highest BCUT2D eigenvalue weighted by Gasteiger charge is 2.18. The van der Waals surface area contributed by atoms with Gasteiger partial charge in [-0.1, -0.05) is 55.9 Å². The van der Waals surface area contributed by atoms with Crippen LogP contribution in [0.15, 0.2) is 41.4 Å². The highest BCUT2D eigenvalue weighted by Crippen LogP contribution is 2.31. The second kappa shape index (κ2) is 11.0. The van der Waals surface area contributed by atoms with Crippen molar-refractivity contribution >= 4 is 35.2 Å². The molecule has 0 aromatic heterocycles. The lowest BCUT2D eigenvalue weighted by molar-refractivity contribution is 0.300. The van der Waals surface area contributed by atoms with Gasteiger partial charge in [-0.15, -0.1) is 0 Å². The number of rotatable bonds is 5. The fourth-order valence-corrected chi connectivity index (χ4v) is 3.98. The van der Waals surface area contributed by atoms with Crippen LogP contribution in [-0.4, -0.2) is 5.16 Å². The first kappa shape index (κ1) is 22.1. The summed E-state index contributed by atoms with van der Waals surface area (Å²) in [5, 5.41) is 1.99. The fraction of sp³-hybridized carbons (Fsp3) is 0.346. The van der Waals surface area contributed by atoms with Crippen LogP contribution in [0.1, 0.15) is 62.1 Å². The lowest BCUT2D eigenvalue weighted by Gasteiger charge is -2.25. The van der Waals surface area contributed by atoms with E-state index in [2.05, 4.69) is 36.0 Å². The smallest absolute Gasteiger partial charge is 0.153 e. The molecule has 0 heterocycles. The number of thiocarbonyl (C=S) groups is 1. The topological polar surface area (TPSA) is 12.4 Å². The quantitative estimate of drug-likeness (QED) is 0.207. The molecule has 0 saturated heterocycles. The van der Waals surface area contributed by atoms with Gasteiger partial charge in [-0.05, 0) is 79.2 Å². The van der Waals surface area contributed by atoms with Crippen molar-refractivity contribution in [2.24, 2.45) is 16.8 Å². The van der Waals surface area contributed by atoms with Crippen LogP contribution in [0.25, 0.3) is 12.2 Å². The van der Waals surface area contributed by atoms with Crippen LogP contribution in [0, 0.1) is 35.3 Å². The SMILES string of the molecule is CCCC1CCC(C#Cc2ccc(/C=C/c3cc(F)c(N=C=S)c(F)c3)cc2)CC1. The van der Waals surface area contributed by atoms with E-state index in [0.29, 0.717) is 11.5 Å². The van der Waals surface area contributed by atoms with Crippen molar-refractivity contribution in [1.82, 2.24) is 0 Å². The first-order valence-corrected chi connectivity index (χ1v) is 10.9. The summed E-state index contributed by atoms with van der Waals surface area (Å²) < 4.78 is 27.8. The number of nitrogens with zero attached hydrogens (tertiary/aromatic N) is 1. The molecule has 1 saturated carbocycles. The summed E-state index contributed by atoms with van der Waals surface area (Å²) in [5.74, 6) is 6.61. The molecule has 1 aliphatic rings. The lowest BCUT2D eigenvalue weighted by Crippen LogP contribution is -2.13. The maximum Gasteiger partial charge on any atom is 0.153 e. The van der Waals surface area contributed by atoms with Crippen molar-refractivity contribution in [3.05, 3.63) is 64.7 Å². The van der Waals surface area contributed by atoms with Crippen molar-refractivity contribution in [3.8, 4) is 11.8 Å². The second-order valence-corrected chi connectivity index (χ2v) is 7.95. The normalized spacial score (nSPS) is 18.5. The minimum atomic E-state index is -0.763. The molecule has 0 atom stereocenters. The Kier molecular flexibility index (Phi) is 8.08. The molecule has 0 N–H and O–H groups in total. The van der Waals surface area contributed by atoms with E-state index in [4.69, 9.17) is 0 Å². The highest BCUT2D eigenvalue weighted by molar-refractivity contribution is 7.78. The molecule has 3 rings (SSSR count). The average Bonchev–Trinajstić information content (AvgIpc) is 2.75. The molecule has 154 valence electrons. The molecule has 0 aliphatic heterocycles. The van der Waals surface area contributed by atoms with Crippen molar-refractivity contribution in [1.29, 1.82) is 0 Å². The predicted octanol–water partition coefficient (Wildman–Crippen LogP) is 7.83. The third kappa shape index (κ3) is 6.20. The summed E-state index contributed by atoms with van der Waals surface area (Å²) in [5.41, 5.74) is 1.92. The number of hydrogen-bond donors (Lipinski definition) is 0. The molecule has 0 bridgehead atoms. The van der Waals surface area contributed by atoms with Gasteiger partial charge in [-0.3, -0.25) is 0 Å². The standard InChI is InChI=1S/C26H25F2NS/c1-2-3-19-4-6-20(7-5-19)8-9-21-10-12-22(13-11-21)14-15-23-16-24(27)26(29-18-30)25(28)17-23/h10-17,19-20H,2-7H2,1H3/b15-14+. The monoisotopic (exact) mass is 421 g/mol. The van der Waals surface area contributed by atoms with Crippen LogP contribution in [0.5, 0.6) is 0 Å². The van der Waals surface area contributed by atoms with E-state index in [1.807, 2.05) is 35.5 Å². The predicted molar refractivity (Wildman–Crippen MR) is 124 cm³/mol. The average molecular weight is 422 g/mol. The zero-order valence-corrected chi connectivity index (χ0v) is 17.9. The first-order chi connectivity index (χ1) is 14.6. The van der Waals surface area contributed by atoms with Gasteiger partial charge in [0.25, 0.3) is 0 Å². The van der Waals surface area contributed by atoms with E-state index in [0.717, 1.165) is 17.0 Å². The molecule has 1 fully saturated rings. The summed E-state index contributed by atoms with van der Waals surface area (Å²) in [7, 11) is 0. The highest BCUT2D eigenvalue weighted by atomic mass is 32.1. The molecule has 2 aromatic rings.